The van der Waals surface area contributed by atoms with Crippen LogP contribution in [0.25, 0.3) is 0 Å². The monoisotopic (exact) mass is 649 g/mol. The van der Waals surface area contributed by atoms with Crippen LogP contribution in [0.2, 0.25) is 0 Å². The summed E-state index contributed by atoms with van der Waals surface area (Å²) in [5.74, 6) is 0.0423. The van der Waals surface area contributed by atoms with Crippen LogP contribution in [0.15, 0.2) is 79.4 Å². The lowest BCUT2D eigenvalue weighted by Gasteiger charge is -2.33. The second-order valence-electron chi connectivity index (χ2n) is 11.0. The first-order chi connectivity index (χ1) is 22.0. The van der Waals surface area contributed by atoms with E-state index in [1.165, 1.54) is 25.4 Å². The van der Waals surface area contributed by atoms with E-state index in [4.69, 9.17) is 22.2 Å². The van der Waals surface area contributed by atoms with Gasteiger partial charge in [0.1, 0.15) is 0 Å². The molecule has 1 amide bonds. The first kappa shape index (κ1) is 33.9. The van der Waals surface area contributed by atoms with Crippen LogP contribution in [0.4, 0.5) is 18.9 Å². The van der Waals surface area contributed by atoms with Gasteiger partial charge in [0.2, 0.25) is 11.8 Å². The maximum Gasteiger partial charge on any atom is 0.416 e. The van der Waals surface area contributed by atoms with Gasteiger partial charge in [0.05, 0.1) is 48.9 Å². The normalized spacial score (nSPS) is 11.9. The third-order valence-corrected chi connectivity index (χ3v) is 7.67. The van der Waals surface area contributed by atoms with Crippen molar-refractivity contribution in [1.82, 2.24) is 24.8 Å². The summed E-state index contributed by atoms with van der Waals surface area (Å²) in [7, 11) is 1.49. The molecular weight excluding hydrogens is 615 g/mol. The van der Waals surface area contributed by atoms with Gasteiger partial charge in [0, 0.05) is 43.6 Å². The minimum absolute atomic E-state index is 0.0383. The maximum atomic E-state index is 13.9. The van der Waals surface area contributed by atoms with Gasteiger partial charge in [-0.15, -0.1) is 0 Å². The molecule has 4 aromatic rings. The van der Waals surface area contributed by atoms with Crippen molar-refractivity contribution in [1.29, 1.82) is 5.26 Å². The van der Waals surface area contributed by atoms with Crippen molar-refractivity contribution in [2.75, 3.05) is 19.0 Å². The van der Waals surface area contributed by atoms with E-state index >= 15 is 0 Å². The van der Waals surface area contributed by atoms with Crippen molar-refractivity contribution in [2.45, 2.75) is 45.6 Å². The first-order valence-corrected chi connectivity index (χ1v) is 14.9. The number of benzene rings is 2. The summed E-state index contributed by atoms with van der Waals surface area (Å²) in [6.07, 6.45) is 0.255. The number of aromatic nitrogens is 3. The smallest absolute Gasteiger partial charge is 0.416 e. The Balaban J connectivity index is 1.52. The molecule has 0 unspecified atom stereocenters. The Hall–Kier alpha value is -4.96. The minimum Gasteiger partial charge on any atom is -0.481 e. The van der Waals surface area contributed by atoms with Gasteiger partial charge < -0.3 is 24.8 Å². The van der Waals surface area contributed by atoms with Crippen LogP contribution in [0.5, 0.6) is 5.88 Å². The molecule has 9 nitrogen and oxygen atoms in total. The molecule has 0 radical (unpaired) electrons. The lowest BCUT2D eigenvalue weighted by Crippen LogP contribution is -2.49. The molecule has 1 atom stereocenters. The number of nitrogens with one attached hydrogen (secondary N) is 2. The number of alkyl halides is 3. The van der Waals surface area contributed by atoms with E-state index in [-0.39, 0.29) is 42.0 Å². The van der Waals surface area contributed by atoms with E-state index in [1.54, 1.807) is 47.8 Å². The van der Waals surface area contributed by atoms with Crippen molar-refractivity contribution in [3.63, 3.8) is 0 Å². The van der Waals surface area contributed by atoms with Crippen LogP contribution < -0.4 is 15.4 Å². The second-order valence-corrected chi connectivity index (χ2v) is 11.4. The Morgan fingerprint density at radius 2 is 1.85 bits per heavy atom. The summed E-state index contributed by atoms with van der Waals surface area (Å²) in [6.45, 7) is 4.29. The van der Waals surface area contributed by atoms with Crippen LogP contribution in [0, 0.1) is 17.2 Å². The Morgan fingerprint density at radius 1 is 1.11 bits per heavy atom. The fourth-order valence-corrected chi connectivity index (χ4v) is 5.00. The summed E-state index contributed by atoms with van der Waals surface area (Å²) >= 11 is 5.69. The van der Waals surface area contributed by atoms with Gasteiger partial charge in [0.15, 0.2) is 5.11 Å². The summed E-state index contributed by atoms with van der Waals surface area (Å²) in [5.41, 5.74) is 2.01. The van der Waals surface area contributed by atoms with Crippen molar-refractivity contribution in [3.8, 4) is 11.9 Å². The maximum absolute atomic E-state index is 13.9. The Kier molecular flexibility index (Phi) is 11.3. The molecule has 0 saturated heterocycles. The second kappa shape index (κ2) is 15.4. The van der Waals surface area contributed by atoms with E-state index in [1.807, 2.05) is 30.5 Å². The number of pyridine rings is 1. The Morgan fingerprint density at radius 3 is 2.48 bits per heavy atom. The molecule has 0 bridgehead atoms. The zero-order valence-electron chi connectivity index (χ0n) is 25.6. The van der Waals surface area contributed by atoms with Gasteiger partial charge in [0.25, 0.3) is 0 Å². The number of hydrogen-bond donors (Lipinski definition) is 2. The molecule has 13 heteroatoms. The number of carbonyl (C=O) groups is 1. The van der Waals surface area contributed by atoms with Crippen LogP contribution in [0.3, 0.4) is 0 Å². The number of nitrogens with zero attached hydrogens (tertiary/aromatic N) is 5. The zero-order chi connectivity index (χ0) is 33.3. The standard InChI is InChI=1S/C33H34F3N7O2S/c1-22(2)29(41-30(44)14-27-17-38-21-43(27)18-24-10-8-23(15-37)9-11-24)20-42(19-25-6-4-5-7-28(25)33(34,35)36)32(46)40-26-12-13-31(45-3)39-16-26/h4-13,16-17,21-22,29H,14,18-20H2,1-3H3,(H,40,46)(H,41,44)/t29-/m1/s1. The van der Waals surface area contributed by atoms with Crippen molar-refractivity contribution >= 4 is 28.9 Å². The predicted octanol–water partition coefficient (Wildman–Crippen LogP) is 5.81. The number of anilines is 1. The van der Waals surface area contributed by atoms with Crippen LogP contribution in [-0.2, 0) is 30.5 Å². The Labute approximate surface area is 271 Å². The molecule has 2 aromatic heterocycles. The van der Waals surface area contributed by atoms with E-state index in [9.17, 15) is 18.0 Å². The molecule has 0 aliphatic heterocycles. The fraction of sp³-hybridized carbons (Fsp3) is 0.303. The summed E-state index contributed by atoms with van der Waals surface area (Å²) in [5, 5.41) is 15.3. The molecule has 0 spiro atoms. The number of halogens is 3. The van der Waals surface area contributed by atoms with Crippen LogP contribution >= 0.6 is 12.2 Å². The Bertz CT molecular complexity index is 1670. The first-order valence-electron chi connectivity index (χ1n) is 14.4. The van der Waals surface area contributed by atoms with Crippen molar-refractivity contribution in [3.05, 3.63) is 107 Å². The molecule has 2 aromatic carbocycles. The van der Waals surface area contributed by atoms with Gasteiger partial charge in [-0.2, -0.15) is 18.4 Å². The van der Waals surface area contributed by atoms with E-state index in [2.05, 4.69) is 26.7 Å². The minimum atomic E-state index is -4.55. The molecule has 46 heavy (non-hydrogen) atoms. The highest BCUT2D eigenvalue weighted by Gasteiger charge is 2.34. The average Bonchev–Trinajstić information content (AvgIpc) is 3.46. The summed E-state index contributed by atoms with van der Waals surface area (Å²) < 4.78 is 48.7. The number of imidazole rings is 1. The zero-order valence-corrected chi connectivity index (χ0v) is 26.4. The molecule has 0 aliphatic rings. The van der Waals surface area contributed by atoms with E-state index < -0.39 is 17.8 Å². The quantitative estimate of drug-likeness (QED) is 0.185. The van der Waals surface area contributed by atoms with Crippen molar-refractivity contribution in [2.24, 2.45) is 5.92 Å². The third-order valence-electron chi connectivity index (χ3n) is 7.31. The summed E-state index contributed by atoms with van der Waals surface area (Å²) in [6, 6.07) is 17.5. The number of carbonyl (C=O) groups excluding carboxylic acids is 1. The number of amides is 1. The van der Waals surface area contributed by atoms with Gasteiger partial charge in [-0.1, -0.05) is 44.2 Å². The lowest BCUT2D eigenvalue weighted by molar-refractivity contribution is -0.138. The van der Waals surface area contributed by atoms with Gasteiger partial charge in [-0.3, -0.25) is 4.79 Å². The molecule has 0 aliphatic carbocycles. The van der Waals surface area contributed by atoms with Crippen molar-refractivity contribution < 1.29 is 22.7 Å². The van der Waals surface area contributed by atoms with Gasteiger partial charge >= 0.3 is 6.18 Å². The molecule has 4 rings (SSSR count). The highest BCUT2D eigenvalue weighted by molar-refractivity contribution is 7.80. The number of rotatable bonds is 12. The topological polar surface area (TPSA) is 108 Å². The number of methoxy groups -OCH3 is 1. The molecule has 0 fully saturated rings. The van der Waals surface area contributed by atoms with Gasteiger partial charge in [-0.05, 0) is 53.5 Å². The summed E-state index contributed by atoms with van der Waals surface area (Å²) in [4.78, 5) is 23.3. The number of hydrogen-bond acceptors (Lipinski definition) is 6. The third kappa shape index (κ3) is 9.28. The van der Waals surface area contributed by atoms with E-state index in [0.717, 1.165) is 11.6 Å². The highest BCUT2D eigenvalue weighted by Crippen LogP contribution is 2.32. The molecule has 240 valence electrons. The number of nitriles is 1. The molecule has 0 saturated carbocycles. The molecular formula is C33H34F3N7O2S. The molecule has 2 N–H and O–H groups in total. The van der Waals surface area contributed by atoms with Crippen LogP contribution in [0.1, 0.15) is 41.8 Å². The SMILES string of the molecule is COc1ccc(NC(=S)N(Cc2ccccc2C(F)(F)F)C[C@@H](NC(=O)Cc2cncn2Cc2ccc(C#N)cc2)C(C)C)cn1. The number of thiocarbonyl (C=S) groups is 1. The molecule has 2 heterocycles. The highest BCUT2D eigenvalue weighted by atomic mass is 32.1. The van der Waals surface area contributed by atoms with Crippen LogP contribution in [-0.4, -0.2) is 50.2 Å². The predicted molar refractivity (Wildman–Crippen MR) is 172 cm³/mol. The lowest BCUT2D eigenvalue weighted by atomic mass is 10.0. The van der Waals surface area contributed by atoms with E-state index in [0.29, 0.717) is 29.4 Å². The fourth-order valence-electron chi connectivity index (χ4n) is 4.74. The number of ether oxygens (including phenoxy) is 1. The largest absolute Gasteiger partial charge is 0.481 e. The average molecular weight is 650 g/mol. The van der Waals surface area contributed by atoms with Gasteiger partial charge in [-0.25, -0.2) is 9.97 Å².